The first-order valence-electron chi connectivity index (χ1n) is 5.70. The van der Waals surface area contributed by atoms with Gasteiger partial charge in [0.25, 0.3) is 0 Å². The van der Waals surface area contributed by atoms with E-state index in [1.165, 1.54) is 6.07 Å². The van der Waals surface area contributed by atoms with Crippen LogP contribution in [0.5, 0.6) is 0 Å². The number of halogens is 1. The normalized spacial score (nSPS) is 13.4. The zero-order valence-corrected chi connectivity index (χ0v) is 10.3. The van der Waals surface area contributed by atoms with E-state index in [0.717, 1.165) is 12.1 Å². The van der Waals surface area contributed by atoms with Crippen LogP contribution in [0.4, 0.5) is 4.39 Å². The summed E-state index contributed by atoms with van der Waals surface area (Å²) < 4.78 is 18.0. The molecule has 0 aliphatic heterocycles. The molecule has 0 bridgehead atoms. The van der Waals surface area contributed by atoms with Crippen LogP contribution in [0.3, 0.4) is 0 Å². The highest BCUT2D eigenvalue weighted by molar-refractivity contribution is 5.91. The molecule has 2 unspecified atom stereocenters. The summed E-state index contributed by atoms with van der Waals surface area (Å²) in [5.41, 5.74) is -0.131. The van der Waals surface area contributed by atoms with Crippen molar-refractivity contribution < 1.29 is 24.1 Å². The summed E-state index contributed by atoms with van der Waals surface area (Å²) in [5.74, 6) is -1.38. The maximum Gasteiger partial charge on any atom is 0.338 e. The minimum Gasteiger partial charge on any atom is -0.462 e. The number of nitrogens with zero attached hydrogens (tertiary/aromatic N) is 1. The predicted octanol–water partition coefficient (Wildman–Crippen LogP) is 1.31. The Morgan fingerprint density at radius 2 is 2.21 bits per heavy atom. The van der Waals surface area contributed by atoms with Crippen molar-refractivity contribution in [1.82, 2.24) is 0 Å². The van der Waals surface area contributed by atoms with Crippen molar-refractivity contribution in [3.8, 4) is 6.07 Å². The van der Waals surface area contributed by atoms with Crippen molar-refractivity contribution >= 4 is 5.97 Å². The van der Waals surface area contributed by atoms with Crippen LogP contribution in [-0.4, -0.2) is 28.9 Å². The molecular formula is C13H14FNO4. The highest BCUT2D eigenvalue weighted by Gasteiger charge is 2.24. The first-order chi connectivity index (χ1) is 9.01. The van der Waals surface area contributed by atoms with E-state index in [-0.39, 0.29) is 24.2 Å². The molecule has 0 aromatic heterocycles. The van der Waals surface area contributed by atoms with Crippen molar-refractivity contribution in [3.05, 3.63) is 35.1 Å². The summed E-state index contributed by atoms with van der Waals surface area (Å²) in [4.78, 5) is 11.7. The van der Waals surface area contributed by atoms with E-state index < -0.39 is 24.0 Å². The average Bonchev–Trinajstić information content (AvgIpc) is 2.38. The van der Waals surface area contributed by atoms with Crippen molar-refractivity contribution in [2.45, 2.75) is 25.6 Å². The number of nitriles is 1. The lowest BCUT2D eigenvalue weighted by Crippen LogP contribution is -2.21. The molecule has 0 spiro atoms. The Morgan fingerprint density at radius 3 is 2.79 bits per heavy atom. The van der Waals surface area contributed by atoms with Crippen molar-refractivity contribution in [2.24, 2.45) is 0 Å². The number of carbonyl (C=O) groups is 1. The van der Waals surface area contributed by atoms with Crippen LogP contribution in [0, 0.1) is 17.1 Å². The molecule has 0 radical (unpaired) electrons. The maximum absolute atomic E-state index is 13.2. The molecular weight excluding hydrogens is 253 g/mol. The zero-order valence-electron chi connectivity index (χ0n) is 10.3. The van der Waals surface area contributed by atoms with E-state index in [2.05, 4.69) is 0 Å². The van der Waals surface area contributed by atoms with Crippen LogP contribution in [0.1, 0.15) is 35.4 Å². The van der Waals surface area contributed by atoms with Gasteiger partial charge in [0.05, 0.1) is 30.8 Å². The molecule has 0 heterocycles. The third kappa shape index (κ3) is 3.74. The maximum atomic E-state index is 13.2. The minimum atomic E-state index is -1.53. The quantitative estimate of drug-likeness (QED) is 0.785. The largest absolute Gasteiger partial charge is 0.462 e. The summed E-state index contributed by atoms with van der Waals surface area (Å²) >= 11 is 0. The third-order valence-electron chi connectivity index (χ3n) is 2.49. The first-order valence-corrected chi connectivity index (χ1v) is 5.70. The second-order valence-corrected chi connectivity index (χ2v) is 3.83. The SMILES string of the molecule is CCOC(=O)c1ccc(F)cc1C(O)C(O)CC#N. The van der Waals surface area contributed by atoms with Crippen LogP contribution in [-0.2, 0) is 4.74 Å². The van der Waals surface area contributed by atoms with Gasteiger partial charge in [0.2, 0.25) is 0 Å². The van der Waals surface area contributed by atoms with Crippen LogP contribution < -0.4 is 0 Å². The minimum absolute atomic E-state index is 0.0345. The molecule has 0 amide bonds. The summed E-state index contributed by atoms with van der Waals surface area (Å²) in [7, 11) is 0. The molecule has 2 atom stereocenters. The number of esters is 1. The Labute approximate surface area is 109 Å². The van der Waals surface area contributed by atoms with Crippen molar-refractivity contribution in [1.29, 1.82) is 5.26 Å². The highest BCUT2D eigenvalue weighted by Crippen LogP contribution is 2.24. The summed E-state index contributed by atoms with van der Waals surface area (Å²) in [6.07, 6.45) is -3.27. The van der Waals surface area contributed by atoms with Gasteiger partial charge in [-0.3, -0.25) is 0 Å². The monoisotopic (exact) mass is 267 g/mol. The number of ether oxygens (including phenoxy) is 1. The van der Waals surface area contributed by atoms with Gasteiger partial charge < -0.3 is 14.9 Å². The number of rotatable bonds is 5. The molecule has 2 N–H and O–H groups in total. The summed E-state index contributed by atoms with van der Waals surface area (Å²) in [6, 6.07) is 4.85. The van der Waals surface area contributed by atoms with Gasteiger partial charge in [-0.2, -0.15) is 5.26 Å². The van der Waals surface area contributed by atoms with Crippen LogP contribution in [0.2, 0.25) is 0 Å². The zero-order chi connectivity index (χ0) is 14.4. The summed E-state index contributed by atoms with van der Waals surface area (Å²) in [6.45, 7) is 1.74. The van der Waals surface area contributed by atoms with Gasteiger partial charge in [0.15, 0.2) is 0 Å². The highest BCUT2D eigenvalue weighted by atomic mass is 19.1. The standard InChI is InChI=1S/C13H14FNO4/c1-2-19-13(18)9-4-3-8(14)7-10(9)12(17)11(16)5-6-15/h3-4,7,11-12,16-17H,2,5H2,1H3. The first kappa shape index (κ1) is 15.1. The lowest BCUT2D eigenvalue weighted by molar-refractivity contribution is 0.0197. The average molecular weight is 267 g/mol. The number of aliphatic hydroxyl groups excluding tert-OH is 2. The fourth-order valence-corrected chi connectivity index (χ4v) is 1.59. The third-order valence-corrected chi connectivity index (χ3v) is 2.49. The van der Waals surface area contributed by atoms with E-state index in [1.54, 1.807) is 13.0 Å². The molecule has 0 aliphatic carbocycles. The van der Waals surface area contributed by atoms with E-state index in [9.17, 15) is 19.4 Å². The Hall–Kier alpha value is -1.97. The molecule has 5 nitrogen and oxygen atoms in total. The fraction of sp³-hybridized carbons (Fsp3) is 0.385. The smallest absolute Gasteiger partial charge is 0.338 e. The predicted molar refractivity (Wildman–Crippen MR) is 63.6 cm³/mol. The van der Waals surface area contributed by atoms with E-state index in [4.69, 9.17) is 10.00 Å². The molecule has 0 saturated heterocycles. The number of aliphatic hydroxyl groups is 2. The van der Waals surface area contributed by atoms with E-state index >= 15 is 0 Å². The molecule has 1 aromatic carbocycles. The van der Waals surface area contributed by atoms with Gasteiger partial charge in [-0.15, -0.1) is 0 Å². The van der Waals surface area contributed by atoms with Gasteiger partial charge in [0.1, 0.15) is 11.9 Å². The van der Waals surface area contributed by atoms with Gasteiger partial charge >= 0.3 is 5.97 Å². The Balaban J connectivity index is 3.13. The fourth-order valence-electron chi connectivity index (χ4n) is 1.59. The van der Waals surface area contributed by atoms with Gasteiger partial charge in [-0.1, -0.05) is 0 Å². The molecule has 1 rings (SSSR count). The topological polar surface area (TPSA) is 90.6 Å². The second kappa shape index (κ2) is 6.83. The molecule has 6 heteroatoms. The van der Waals surface area contributed by atoms with Crippen LogP contribution in [0.25, 0.3) is 0 Å². The van der Waals surface area contributed by atoms with E-state index in [1.807, 2.05) is 0 Å². The number of benzene rings is 1. The van der Waals surface area contributed by atoms with Gasteiger partial charge in [-0.05, 0) is 25.1 Å². The molecule has 0 aliphatic rings. The number of hydrogen-bond acceptors (Lipinski definition) is 5. The second-order valence-electron chi connectivity index (χ2n) is 3.83. The van der Waals surface area contributed by atoms with Crippen molar-refractivity contribution in [2.75, 3.05) is 6.61 Å². The van der Waals surface area contributed by atoms with Gasteiger partial charge in [-0.25, -0.2) is 9.18 Å². The lowest BCUT2D eigenvalue weighted by Gasteiger charge is -2.18. The number of carbonyl (C=O) groups excluding carboxylic acids is 1. The molecule has 19 heavy (non-hydrogen) atoms. The van der Waals surface area contributed by atoms with Gasteiger partial charge in [0, 0.05) is 5.56 Å². The summed E-state index contributed by atoms with van der Waals surface area (Å²) in [5, 5.41) is 27.9. The van der Waals surface area contributed by atoms with Crippen LogP contribution in [0.15, 0.2) is 18.2 Å². The van der Waals surface area contributed by atoms with Crippen molar-refractivity contribution in [3.63, 3.8) is 0 Å². The van der Waals surface area contributed by atoms with E-state index in [0.29, 0.717) is 0 Å². The Bertz CT molecular complexity index is 498. The lowest BCUT2D eigenvalue weighted by atomic mass is 9.97. The Kier molecular flexibility index (Phi) is 5.42. The Morgan fingerprint density at radius 1 is 1.53 bits per heavy atom. The number of hydrogen-bond donors (Lipinski definition) is 2. The van der Waals surface area contributed by atoms with Crippen LogP contribution >= 0.6 is 0 Å². The molecule has 102 valence electrons. The molecule has 1 aromatic rings. The molecule has 0 fully saturated rings. The molecule has 0 saturated carbocycles.